The van der Waals surface area contributed by atoms with E-state index in [1.807, 2.05) is 36.4 Å². The Morgan fingerprint density at radius 3 is 1.65 bits per heavy atom. The smallest absolute Gasteiger partial charge is 0.330 e. The zero-order valence-corrected chi connectivity index (χ0v) is 13.6. The van der Waals surface area contributed by atoms with Gasteiger partial charge in [-0.05, 0) is 18.1 Å². The summed E-state index contributed by atoms with van der Waals surface area (Å²) in [5.41, 5.74) is 2.45. The molecule has 0 aromatic heterocycles. The molecule has 0 aliphatic rings. The molecule has 1 radical (unpaired) electrons. The number of carbonyl (C=O) groups is 1. The summed E-state index contributed by atoms with van der Waals surface area (Å²) in [6.45, 7) is 12.0. The van der Waals surface area contributed by atoms with E-state index in [9.17, 15) is 4.79 Å². The molecule has 0 aliphatic carbocycles. The first-order valence-electron chi connectivity index (χ1n) is 4.75. The molecule has 0 saturated carbocycles. The van der Waals surface area contributed by atoms with Crippen LogP contribution in [0.3, 0.4) is 0 Å². The normalized spacial score (nSPS) is 7.82. The number of hydrogen-bond donors (Lipinski definition) is 1. The summed E-state index contributed by atoms with van der Waals surface area (Å²) >= 11 is 0. The molecule has 0 bridgehead atoms. The molecule has 0 aliphatic heterocycles. The largest absolute Gasteiger partial charge is 0.478 e. The second-order valence-corrected chi connectivity index (χ2v) is 3.12. The maximum Gasteiger partial charge on any atom is 0.330 e. The Bertz CT molecular complexity index is 369. The van der Waals surface area contributed by atoms with Crippen molar-refractivity contribution in [1.82, 2.24) is 0 Å². The third-order valence-electron chi connectivity index (χ3n) is 1.80. The summed E-state index contributed by atoms with van der Waals surface area (Å²) in [6.07, 6.45) is 3.66. The molecule has 0 spiro atoms. The fourth-order valence-corrected chi connectivity index (χ4v) is 0.883. The van der Waals surface area contributed by atoms with Crippen molar-refractivity contribution >= 4 is 69.5 Å². The summed E-state index contributed by atoms with van der Waals surface area (Å²) in [5.74, 6) is -0.935. The molecule has 17 heavy (non-hydrogen) atoms. The van der Waals surface area contributed by atoms with Crippen molar-refractivity contribution in [3.63, 3.8) is 0 Å². The Balaban J connectivity index is 0. The second kappa shape index (κ2) is 10.7. The van der Waals surface area contributed by atoms with Crippen molar-refractivity contribution < 1.29 is 9.90 Å². The summed E-state index contributed by atoms with van der Waals surface area (Å²) in [6, 6.07) is 8.02. The fourth-order valence-electron chi connectivity index (χ4n) is 0.883. The van der Waals surface area contributed by atoms with Crippen molar-refractivity contribution in [1.29, 1.82) is 0 Å². The van der Waals surface area contributed by atoms with Crippen LogP contribution in [0.15, 0.2) is 49.6 Å². The molecule has 1 aromatic rings. The van der Waals surface area contributed by atoms with Crippen LogP contribution in [0, 0.1) is 0 Å². The summed E-state index contributed by atoms with van der Waals surface area (Å²) < 4.78 is 0. The van der Waals surface area contributed by atoms with Crippen molar-refractivity contribution in [3.05, 3.63) is 60.7 Å². The van der Waals surface area contributed by atoms with Crippen LogP contribution in [-0.2, 0) is 4.79 Å². The van der Waals surface area contributed by atoms with Gasteiger partial charge in [-0.15, -0.1) is 0 Å². The van der Waals surface area contributed by atoms with Crippen LogP contribution in [-0.4, -0.2) is 62.5 Å². The molecule has 85 valence electrons. The summed E-state index contributed by atoms with van der Waals surface area (Å²) in [7, 11) is 0. The van der Waals surface area contributed by atoms with E-state index in [1.165, 1.54) is 6.92 Å². The Hall–Kier alpha value is -0.454. The van der Waals surface area contributed by atoms with Crippen LogP contribution >= 0.6 is 0 Å². The molecular weight excluding hydrogens is 239 g/mol. The topological polar surface area (TPSA) is 37.3 Å². The standard InChI is InChI=1S/C10H10.C4H6O2.K/c1-3-9-7-5-6-8-10(9)4-2;1-3(2)4(5)6;/h3-8H,1-2H2;1H2,2H3,(H,5,6);. The third kappa shape index (κ3) is 8.29. The van der Waals surface area contributed by atoms with Crippen LogP contribution in [0.4, 0.5) is 0 Å². The Kier molecular flexibility index (Phi) is 11.9. The molecule has 1 N–H and O–H groups in total. The molecule has 0 heterocycles. The summed E-state index contributed by atoms with van der Waals surface area (Å²) in [4.78, 5) is 9.60. The van der Waals surface area contributed by atoms with Gasteiger partial charge in [0.1, 0.15) is 0 Å². The van der Waals surface area contributed by atoms with Crippen molar-refractivity contribution in [3.8, 4) is 0 Å². The number of benzene rings is 1. The van der Waals surface area contributed by atoms with Gasteiger partial charge in [-0.1, -0.05) is 56.2 Å². The predicted molar refractivity (Wildman–Crippen MR) is 74.8 cm³/mol. The molecule has 0 saturated heterocycles. The van der Waals surface area contributed by atoms with Gasteiger partial charge in [-0.3, -0.25) is 0 Å². The number of hydrogen-bond acceptors (Lipinski definition) is 1. The summed E-state index contributed by atoms with van der Waals surface area (Å²) in [5, 5.41) is 7.89. The van der Waals surface area contributed by atoms with Gasteiger partial charge in [0.15, 0.2) is 0 Å². The average molecular weight is 255 g/mol. The fraction of sp³-hybridized carbons (Fsp3) is 0.0714. The van der Waals surface area contributed by atoms with Crippen molar-refractivity contribution in [2.24, 2.45) is 0 Å². The SMILES string of the molecule is C=C(C)C(=O)O.C=Cc1ccccc1C=C.[K]. The first kappa shape index (κ1) is 18.9. The zero-order chi connectivity index (χ0) is 12.6. The van der Waals surface area contributed by atoms with E-state index in [-0.39, 0.29) is 57.0 Å². The maximum absolute atomic E-state index is 9.60. The van der Waals surface area contributed by atoms with Crippen LogP contribution < -0.4 is 0 Å². The van der Waals surface area contributed by atoms with Gasteiger partial charge < -0.3 is 5.11 Å². The van der Waals surface area contributed by atoms with Crippen molar-refractivity contribution in [2.45, 2.75) is 6.92 Å². The molecule has 1 rings (SSSR count). The van der Waals surface area contributed by atoms with E-state index in [0.29, 0.717) is 0 Å². The molecule has 0 fully saturated rings. The molecule has 0 unspecified atom stereocenters. The monoisotopic (exact) mass is 255 g/mol. The quantitative estimate of drug-likeness (QED) is 0.665. The van der Waals surface area contributed by atoms with E-state index < -0.39 is 5.97 Å². The van der Waals surface area contributed by atoms with Crippen molar-refractivity contribution in [2.75, 3.05) is 0 Å². The number of rotatable bonds is 3. The number of carboxylic acids is 1. The first-order valence-corrected chi connectivity index (χ1v) is 4.75. The van der Waals surface area contributed by atoms with Crippen LogP contribution in [0.5, 0.6) is 0 Å². The van der Waals surface area contributed by atoms with Gasteiger partial charge in [0, 0.05) is 57.0 Å². The molecule has 3 heteroatoms. The van der Waals surface area contributed by atoms with E-state index >= 15 is 0 Å². The Morgan fingerprint density at radius 1 is 1.18 bits per heavy atom. The maximum atomic E-state index is 9.60. The van der Waals surface area contributed by atoms with Gasteiger partial charge in [-0.2, -0.15) is 0 Å². The Morgan fingerprint density at radius 2 is 1.47 bits per heavy atom. The minimum Gasteiger partial charge on any atom is -0.478 e. The second-order valence-electron chi connectivity index (χ2n) is 3.12. The zero-order valence-electron chi connectivity index (χ0n) is 10.4. The number of carboxylic acid groups (broad SMARTS) is 1. The predicted octanol–water partition coefficient (Wildman–Crippen LogP) is 3.24. The molecule has 2 nitrogen and oxygen atoms in total. The van der Waals surface area contributed by atoms with Gasteiger partial charge >= 0.3 is 5.97 Å². The van der Waals surface area contributed by atoms with E-state index in [4.69, 9.17) is 5.11 Å². The van der Waals surface area contributed by atoms with E-state index in [2.05, 4.69) is 19.7 Å². The van der Waals surface area contributed by atoms with Crippen LogP contribution in [0.25, 0.3) is 12.2 Å². The van der Waals surface area contributed by atoms with E-state index in [1.54, 1.807) is 0 Å². The average Bonchev–Trinajstić information content (AvgIpc) is 2.29. The Labute approximate surface area is 145 Å². The molecule has 0 amide bonds. The minimum atomic E-state index is -0.935. The molecule has 1 aromatic carbocycles. The van der Waals surface area contributed by atoms with E-state index in [0.717, 1.165) is 11.1 Å². The van der Waals surface area contributed by atoms with Gasteiger partial charge in [0.2, 0.25) is 0 Å². The van der Waals surface area contributed by atoms with Gasteiger partial charge in [0.25, 0.3) is 0 Å². The van der Waals surface area contributed by atoms with Gasteiger partial charge in [0.05, 0.1) is 0 Å². The van der Waals surface area contributed by atoms with Crippen LogP contribution in [0.1, 0.15) is 18.1 Å². The van der Waals surface area contributed by atoms with Gasteiger partial charge in [-0.25, -0.2) is 4.79 Å². The third-order valence-corrected chi connectivity index (χ3v) is 1.80. The van der Waals surface area contributed by atoms with Crippen LogP contribution in [0.2, 0.25) is 0 Å². The number of aliphatic carboxylic acids is 1. The minimum absolute atomic E-state index is 0. The molecule has 0 atom stereocenters. The molecular formula is C14H16KO2. The first-order chi connectivity index (χ1) is 7.52.